The van der Waals surface area contributed by atoms with Gasteiger partial charge in [-0.25, -0.2) is 0 Å². The fourth-order valence-corrected chi connectivity index (χ4v) is 2.22. The van der Waals surface area contributed by atoms with Crippen LogP contribution in [0.1, 0.15) is 51.0 Å². The molecule has 0 saturated heterocycles. The maximum atomic E-state index is 5.42. The van der Waals surface area contributed by atoms with Crippen LogP contribution in [0.2, 0.25) is 0 Å². The van der Waals surface area contributed by atoms with Crippen molar-refractivity contribution in [3.8, 4) is 0 Å². The lowest BCUT2D eigenvalue weighted by atomic mass is 10.3. The molecule has 0 aromatic carbocycles. The predicted molar refractivity (Wildman–Crippen MR) is 72.2 cm³/mol. The first-order valence-electron chi connectivity index (χ1n) is 7.22. The van der Waals surface area contributed by atoms with Gasteiger partial charge in [-0.05, 0) is 38.8 Å². The number of nitrogens with one attached hydrogen (secondary N) is 1. The van der Waals surface area contributed by atoms with Crippen molar-refractivity contribution >= 4 is 0 Å². The van der Waals surface area contributed by atoms with Crippen molar-refractivity contribution in [2.75, 3.05) is 13.1 Å². The summed E-state index contributed by atoms with van der Waals surface area (Å²) in [5.41, 5.74) is 1.02. The minimum Gasteiger partial charge on any atom is -0.360 e. The minimum absolute atomic E-state index is 0.789. The summed E-state index contributed by atoms with van der Waals surface area (Å²) in [6.45, 7) is 8.32. The molecule has 1 aliphatic carbocycles. The molecule has 0 unspecified atom stereocenters. The Morgan fingerprint density at radius 1 is 1.39 bits per heavy atom. The van der Waals surface area contributed by atoms with E-state index in [1.807, 2.05) is 0 Å². The largest absolute Gasteiger partial charge is 0.360 e. The molecule has 0 bridgehead atoms. The van der Waals surface area contributed by atoms with Crippen LogP contribution < -0.4 is 5.32 Å². The second kappa shape index (κ2) is 6.90. The molecule has 4 heteroatoms. The Morgan fingerprint density at radius 3 is 2.89 bits per heavy atom. The van der Waals surface area contributed by atoms with E-state index in [9.17, 15) is 0 Å². The average Bonchev–Trinajstić information content (AvgIpc) is 3.12. The Kier molecular flexibility index (Phi) is 5.20. The highest BCUT2D eigenvalue weighted by atomic mass is 16.5. The van der Waals surface area contributed by atoms with Crippen LogP contribution in [-0.4, -0.2) is 29.2 Å². The zero-order valence-electron chi connectivity index (χ0n) is 11.6. The third-order valence-corrected chi connectivity index (χ3v) is 3.27. The maximum absolute atomic E-state index is 5.42. The number of hydrogen-bond donors (Lipinski definition) is 1. The molecule has 0 atom stereocenters. The molecule has 0 amide bonds. The van der Waals surface area contributed by atoms with Crippen molar-refractivity contribution in [1.29, 1.82) is 0 Å². The standard InChI is InChI=1S/C14H25N3O/c1-3-7-15-10-12-9-14(18-16-12)11-17(8-4-2)13-5-6-13/h9,13,15H,3-8,10-11H2,1-2H3. The van der Waals surface area contributed by atoms with Gasteiger partial charge in [0.05, 0.1) is 12.2 Å². The third kappa shape index (κ3) is 4.10. The molecule has 1 N–H and O–H groups in total. The van der Waals surface area contributed by atoms with Crippen LogP contribution >= 0.6 is 0 Å². The van der Waals surface area contributed by atoms with E-state index in [2.05, 4.69) is 35.3 Å². The van der Waals surface area contributed by atoms with Gasteiger partial charge < -0.3 is 9.84 Å². The van der Waals surface area contributed by atoms with Crippen LogP contribution in [0.15, 0.2) is 10.6 Å². The van der Waals surface area contributed by atoms with Crippen LogP contribution in [0.5, 0.6) is 0 Å². The van der Waals surface area contributed by atoms with E-state index in [1.54, 1.807) is 0 Å². The zero-order chi connectivity index (χ0) is 12.8. The summed E-state index contributed by atoms with van der Waals surface area (Å²) in [6.07, 6.45) is 5.05. The normalized spacial score (nSPS) is 15.5. The molecular formula is C14H25N3O. The van der Waals surface area contributed by atoms with Crippen LogP contribution in [0.25, 0.3) is 0 Å². The molecule has 1 aromatic heterocycles. The summed E-state index contributed by atoms with van der Waals surface area (Å²) in [4.78, 5) is 2.52. The summed E-state index contributed by atoms with van der Waals surface area (Å²) in [5, 5.41) is 7.46. The van der Waals surface area contributed by atoms with Gasteiger partial charge >= 0.3 is 0 Å². The second-order valence-corrected chi connectivity index (χ2v) is 5.16. The number of hydrogen-bond acceptors (Lipinski definition) is 4. The molecule has 2 rings (SSSR count). The first-order valence-corrected chi connectivity index (χ1v) is 7.22. The Hall–Kier alpha value is -0.870. The molecule has 4 nitrogen and oxygen atoms in total. The van der Waals surface area contributed by atoms with Crippen LogP contribution in [0.3, 0.4) is 0 Å². The van der Waals surface area contributed by atoms with Crippen LogP contribution in [0.4, 0.5) is 0 Å². The van der Waals surface area contributed by atoms with Gasteiger partial charge in [-0.15, -0.1) is 0 Å². The fraction of sp³-hybridized carbons (Fsp3) is 0.786. The van der Waals surface area contributed by atoms with E-state index >= 15 is 0 Å². The monoisotopic (exact) mass is 251 g/mol. The second-order valence-electron chi connectivity index (χ2n) is 5.16. The molecule has 1 aromatic rings. The van der Waals surface area contributed by atoms with E-state index in [4.69, 9.17) is 4.52 Å². The number of rotatable bonds is 9. The highest BCUT2D eigenvalue weighted by molar-refractivity contribution is 5.05. The van der Waals surface area contributed by atoms with Crippen molar-refractivity contribution in [3.05, 3.63) is 17.5 Å². The van der Waals surface area contributed by atoms with Crippen molar-refractivity contribution in [1.82, 2.24) is 15.4 Å². The fourth-order valence-electron chi connectivity index (χ4n) is 2.22. The van der Waals surface area contributed by atoms with E-state index in [1.165, 1.54) is 19.3 Å². The van der Waals surface area contributed by atoms with Crippen molar-refractivity contribution in [2.45, 2.75) is 58.7 Å². The van der Waals surface area contributed by atoms with Gasteiger partial charge in [0.15, 0.2) is 5.76 Å². The summed E-state index contributed by atoms with van der Waals surface area (Å²) in [5.74, 6) is 1.00. The van der Waals surface area contributed by atoms with E-state index in [0.29, 0.717) is 0 Å². The lowest BCUT2D eigenvalue weighted by Gasteiger charge is -2.18. The molecule has 0 aliphatic heterocycles. The lowest BCUT2D eigenvalue weighted by molar-refractivity contribution is 0.222. The highest BCUT2D eigenvalue weighted by Crippen LogP contribution is 2.28. The van der Waals surface area contributed by atoms with E-state index in [0.717, 1.165) is 50.1 Å². The molecule has 1 heterocycles. The number of nitrogens with zero attached hydrogens (tertiary/aromatic N) is 2. The molecule has 1 aliphatic rings. The Balaban J connectivity index is 1.80. The third-order valence-electron chi connectivity index (χ3n) is 3.27. The van der Waals surface area contributed by atoms with Crippen molar-refractivity contribution in [2.24, 2.45) is 0 Å². The first-order chi connectivity index (χ1) is 8.83. The SMILES string of the molecule is CCCNCc1cc(CN(CCC)C2CC2)on1. The predicted octanol–water partition coefficient (Wildman–Crippen LogP) is 2.55. The molecule has 1 fully saturated rings. The first kappa shape index (κ1) is 13.6. The Morgan fingerprint density at radius 2 is 2.22 bits per heavy atom. The average molecular weight is 251 g/mol. The van der Waals surface area contributed by atoms with Gasteiger partial charge in [0.1, 0.15) is 0 Å². The number of aromatic nitrogens is 1. The van der Waals surface area contributed by atoms with E-state index in [-0.39, 0.29) is 0 Å². The van der Waals surface area contributed by atoms with Gasteiger partial charge in [0.25, 0.3) is 0 Å². The molecular weight excluding hydrogens is 226 g/mol. The lowest BCUT2D eigenvalue weighted by Crippen LogP contribution is -2.26. The van der Waals surface area contributed by atoms with E-state index < -0.39 is 0 Å². The quantitative estimate of drug-likeness (QED) is 0.685. The molecule has 102 valence electrons. The minimum atomic E-state index is 0.789. The van der Waals surface area contributed by atoms with Gasteiger partial charge in [-0.1, -0.05) is 19.0 Å². The van der Waals surface area contributed by atoms with Gasteiger partial charge in [0.2, 0.25) is 0 Å². The van der Waals surface area contributed by atoms with Gasteiger partial charge in [-0.3, -0.25) is 4.90 Å². The summed E-state index contributed by atoms with van der Waals surface area (Å²) < 4.78 is 5.42. The maximum Gasteiger partial charge on any atom is 0.151 e. The Labute approximate surface area is 110 Å². The van der Waals surface area contributed by atoms with Crippen molar-refractivity contribution < 1.29 is 4.52 Å². The van der Waals surface area contributed by atoms with Gasteiger partial charge in [-0.2, -0.15) is 0 Å². The topological polar surface area (TPSA) is 41.3 Å². The summed E-state index contributed by atoms with van der Waals surface area (Å²) in [6, 6.07) is 2.88. The summed E-state index contributed by atoms with van der Waals surface area (Å²) in [7, 11) is 0. The Bertz CT molecular complexity index is 347. The summed E-state index contributed by atoms with van der Waals surface area (Å²) >= 11 is 0. The highest BCUT2D eigenvalue weighted by Gasteiger charge is 2.28. The molecule has 18 heavy (non-hydrogen) atoms. The zero-order valence-corrected chi connectivity index (χ0v) is 11.6. The van der Waals surface area contributed by atoms with Gasteiger partial charge in [0, 0.05) is 18.7 Å². The molecule has 0 spiro atoms. The molecule has 0 radical (unpaired) electrons. The molecule has 1 saturated carbocycles. The van der Waals surface area contributed by atoms with Crippen LogP contribution in [-0.2, 0) is 13.1 Å². The van der Waals surface area contributed by atoms with Crippen LogP contribution in [0, 0.1) is 0 Å². The smallest absolute Gasteiger partial charge is 0.151 e. The van der Waals surface area contributed by atoms with Crippen molar-refractivity contribution in [3.63, 3.8) is 0 Å².